The third kappa shape index (κ3) is 6.43. The summed E-state index contributed by atoms with van der Waals surface area (Å²) in [7, 11) is 0. The van der Waals surface area contributed by atoms with Crippen LogP contribution in [0.2, 0.25) is 0 Å². The highest BCUT2D eigenvalue weighted by molar-refractivity contribution is 6.21. The van der Waals surface area contributed by atoms with Crippen LogP contribution in [0.15, 0.2) is 217 Å². The summed E-state index contributed by atoms with van der Waals surface area (Å²) in [5, 5.41) is 4.41. The highest BCUT2D eigenvalue weighted by Gasteiger charge is 2.20. The van der Waals surface area contributed by atoms with Crippen molar-refractivity contribution in [3.05, 3.63) is 212 Å². The average Bonchev–Trinajstić information content (AvgIpc) is 3.71. The van der Waals surface area contributed by atoms with Crippen molar-refractivity contribution in [3.63, 3.8) is 0 Å². The van der Waals surface area contributed by atoms with Crippen molar-refractivity contribution < 1.29 is 4.42 Å². The molecule has 11 aromatic rings. The fourth-order valence-corrected chi connectivity index (χ4v) is 8.16. The van der Waals surface area contributed by atoms with Gasteiger partial charge in [0.25, 0.3) is 0 Å². The number of rotatable bonds is 7. The Labute approximate surface area is 341 Å². The highest BCUT2D eigenvalue weighted by atomic mass is 16.3. The third-order valence-electron chi connectivity index (χ3n) is 11.1. The molecule has 4 nitrogen and oxygen atoms in total. The van der Waals surface area contributed by atoms with Crippen LogP contribution in [0, 0.1) is 0 Å². The summed E-state index contributed by atoms with van der Waals surface area (Å²) in [6.07, 6.45) is 0. The number of furan rings is 1. The largest absolute Gasteiger partial charge is 0.455 e. The molecule has 2 aromatic heterocycles. The molecule has 4 heteroatoms. The van der Waals surface area contributed by atoms with E-state index in [0.29, 0.717) is 17.5 Å². The van der Waals surface area contributed by atoms with Crippen molar-refractivity contribution >= 4 is 32.7 Å². The van der Waals surface area contributed by atoms with Gasteiger partial charge in [0.2, 0.25) is 0 Å². The maximum absolute atomic E-state index is 6.68. The second-order valence-corrected chi connectivity index (χ2v) is 14.8. The summed E-state index contributed by atoms with van der Waals surface area (Å²) in [6.45, 7) is 0. The second kappa shape index (κ2) is 14.5. The van der Waals surface area contributed by atoms with Crippen molar-refractivity contribution in [2.45, 2.75) is 0 Å². The number of hydrogen-bond donors (Lipinski definition) is 0. The quantitative estimate of drug-likeness (QED) is 0.163. The second-order valence-electron chi connectivity index (χ2n) is 14.8. The number of aromatic nitrogens is 3. The zero-order chi connectivity index (χ0) is 39.1. The smallest absolute Gasteiger partial charge is 0.164 e. The van der Waals surface area contributed by atoms with Gasteiger partial charge in [0.05, 0.1) is 0 Å². The molecule has 0 atom stereocenters. The van der Waals surface area contributed by atoms with Gasteiger partial charge in [-0.3, -0.25) is 0 Å². The van der Waals surface area contributed by atoms with Crippen LogP contribution in [0.25, 0.3) is 111 Å². The molecule has 0 fully saturated rings. The van der Waals surface area contributed by atoms with Gasteiger partial charge in [0.1, 0.15) is 11.2 Å². The Bertz CT molecular complexity index is 3230. The Morgan fingerprint density at radius 3 is 1.31 bits per heavy atom. The Morgan fingerprint density at radius 2 is 0.729 bits per heavy atom. The molecule has 2 heterocycles. The molecule has 0 aliphatic rings. The van der Waals surface area contributed by atoms with Gasteiger partial charge in [-0.05, 0) is 86.1 Å². The number of fused-ring (bicyclic) bond motifs is 5. The first-order valence-electron chi connectivity index (χ1n) is 19.8. The molecule has 0 aliphatic heterocycles. The molecule has 0 unspecified atom stereocenters. The van der Waals surface area contributed by atoms with Gasteiger partial charge >= 0.3 is 0 Å². The van der Waals surface area contributed by atoms with E-state index >= 15 is 0 Å². The van der Waals surface area contributed by atoms with Gasteiger partial charge in [0, 0.05) is 33.0 Å². The number of hydrogen-bond acceptors (Lipinski definition) is 4. The maximum Gasteiger partial charge on any atom is 0.164 e. The normalized spacial score (nSPS) is 11.4. The molecule has 11 rings (SSSR count). The molecule has 0 amide bonds. The summed E-state index contributed by atoms with van der Waals surface area (Å²) in [5.74, 6) is 1.81. The fourth-order valence-electron chi connectivity index (χ4n) is 8.16. The minimum Gasteiger partial charge on any atom is -0.455 e. The molecule has 9 aromatic carbocycles. The van der Waals surface area contributed by atoms with Crippen molar-refractivity contribution in [2.75, 3.05) is 0 Å². The van der Waals surface area contributed by atoms with E-state index in [-0.39, 0.29) is 0 Å². The monoisotopic (exact) mass is 753 g/mol. The van der Waals surface area contributed by atoms with E-state index in [1.54, 1.807) is 0 Å². The highest BCUT2D eigenvalue weighted by Crippen LogP contribution is 2.42. The van der Waals surface area contributed by atoms with E-state index < -0.39 is 0 Å². The van der Waals surface area contributed by atoms with Gasteiger partial charge in [-0.1, -0.05) is 176 Å². The van der Waals surface area contributed by atoms with Gasteiger partial charge in [-0.2, -0.15) is 0 Å². The molecule has 0 bridgehead atoms. The van der Waals surface area contributed by atoms with Crippen molar-refractivity contribution in [1.29, 1.82) is 0 Å². The topological polar surface area (TPSA) is 51.8 Å². The van der Waals surface area contributed by atoms with Gasteiger partial charge < -0.3 is 4.42 Å². The van der Waals surface area contributed by atoms with E-state index in [2.05, 4.69) is 176 Å². The lowest BCUT2D eigenvalue weighted by Gasteiger charge is -2.12. The molecule has 276 valence electrons. The lowest BCUT2D eigenvalue weighted by molar-refractivity contribution is 0.670. The molecule has 0 spiro atoms. The number of nitrogens with zero attached hydrogens (tertiary/aromatic N) is 3. The predicted molar refractivity (Wildman–Crippen MR) is 243 cm³/mol. The molecular weight excluding hydrogens is 719 g/mol. The first-order valence-corrected chi connectivity index (χ1v) is 19.8. The van der Waals surface area contributed by atoms with Crippen LogP contribution in [0.1, 0.15) is 0 Å². The van der Waals surface area contributed by atoms with Gasteiger partial charge in [0.15, 0.2) is 17.5 Å². The summed E-state index contributed by atoms with van der Waals surface area (Å²) in [5.41, 5.74) is 13.4. The van der Waals surface area contributed by atoms with E-state index in [1.807, 2.05) is 36.4 Å². The van der Waals surface area contributed by atoms with Crippen LogP contribution >= 0.6 is 0 Å². The zero-order valence-electron chi connectivity index (χ0n) is 32.0. The molecule has 0 saturated heterocycles. The maximum atomic E-state index is 6.68. The van der Waals surface area contributed by atoms with E-state index in [9.17, 15) is 0 Å². The first-order chi connectivity index (χ1) is 29.2. The Balaban J connectivity index is 1.07. The molecule has 59 heavy (non-hydrogen) atoms. The van der Waals surface area contributed by atoms with E-state index in [1.165, 1.54) is 22.3 Å². The van der Waals surface area contributed by atoms with Crippen LogP contribution in [0.4, 0.5) is 0 Å². The Morgan fingerprint density at radius 1 is 0.288 bits per heavy atom. The molecule has 0 saturated carbocycles. The van der Waals surface area contributed by atoms with Crippen LogP contribution in [0.5, 0.6) is 0 Å². The van der Waals surface area contributed by atoms with Crippen LogP contribution in [-0.2, 0) is 0 Å². The Kier molecular flexibility index (Phi) is 8.45. The van der Waals surface area contributed by atoms with Crippen LogP contribution in [-0.4, -0.2) is 15.0 Å². The number of benzene rings is 9. The molecule has 0 aliphatic carbocycles. The summed E-state index contributed by atoms with van der Waals surface area (Å²) in [6, 6.07) is 74.1. The first kappa shape index (κ1) is 34.3. The van der Waals surface area contributed by atoms with E-state index in [0.717, 1.165) is 71.7 Å². The standard InChI is InChI=1S/C55H35N3O/c1-5-15-36(16-6-1)43-31-44(37-17-7-2-8-18-37)33-45(32-43)38-25-27-42(28-26-38)54-56-53(41-22-11-4-12-23-41)57-55(58-54)46-34-48(39-19-9-3-10-20-39)52-49(35-46)51-47-24-14-13-21-40(47)29-30-50(51)59-52/h1-35H. The van der Waals surface area contributed by atoms with Crippen molar-refractivity contribution in [3.8, 4) is 78.7 Å². The molecule has 0 radical (unpaired) electrons. The SMILES string of the molecule is c1ccc(-c2cc(-c3ccccc3)cc(-c3ccc(-c4nc(-c5ccccc5)nc(-c5cc(-c6ccccc6)c6oc7ccc8ccccc8c7c6c5)n4)cc3)c2)cc1. The van der Waals surface area contributed by atoms with Crippen LogP contribution in [0.3, 0.4) is 0 Å². The molecule has 0 N–H and O–H groups in total. The molecular formula is C55H35N3O. The lowest BCUT2D eigenvalue weighted by atomic mass is 9.93. The van der Waals surface area contributed by atoms with Crippen LogP contribution < -0.4 is 0 Å². The van der Waals surface area contributed by atoms with Gasteiger partial charge in [-0.25, -0.2) is 15.0 Å². The van der Waals surface area contributed by atoms with Gasteiger partial charge in [-0.15, -0.1) is 0 Å². The minimum atomic E-state index is 0.592. The summed E-state index contributed by atoms with van der Waals surface area (Å²) in [4.78, 5) is 15.5. The summed E-state index contributed by atoms with van der Waals surface area (Å²) < 4.78 is 6.68. The Hall–Kier alpha value is -7.95. The predicted octanol–water partition coefficient (Wildman–Crippen LogP) is 14.6. The lowest BCUT2D eigenvalue weighted by Crippen LogP contribution is -2.00. The summed E-state index contributed by atoms with van der Waals surface area (Å²) >= 11 is 0. The average molecular weight is 754 g/mol. The fraction of sp³-hybridized carbons (Fsp3) is 0. The van der Waals surface area contributed by atoms with Crippen molar-refractivity contribution in [2.24, 2.45) is 0 Å². The van der Waals surface area contributed by atoms with Crippen molar-refractivity contribution in [1.82, 2.24) is 15.0 Å². The minimum absolute atomic E-state index is 0.592. The third-order valence-corrected chi connectivity index (χ3v) is 11.1. The zero-order valence-corrected chi connectivity index (χ0v) is 32.0. The van der Waals surface area contributed by atoms with E-state index in [4.69, 9.17) is 19.4 Å².